The molecule has 0 aliphatic rings. The number of carbonyl (C=O) groups excluding carboxylic acids is 2. The van der Waals surface area contributed by atoms with Gasteiger partial charge in [0.25, 0.3) is 5.91 Å². The first kappa shape index (κ1) is 15.4. The van der Waals surface area contributed by atoms with E-state index in [4.69, 9.17) is 14.6 Å². The highest BCUT2D eigenvalue weighted by Gasteiger charge is 2.19. The van der Waals surface area contributed by atoms with Crippen molar-refractivity contribution in [1.29, 1.82) is 0 Å². The van der Waals surface area contributed by atoms with Crippen molar-refractivity contribution in [1.82, 2.24) is 9.55 Å². The van der Waals surface area contributed by atoms with Gasteiger partial charge in [-0.15, -0.1) is 0 Å². The molecule has 140 valence electrons. The monoisotopic (exact) mass is 433 g/mol. The summed E-state index contributed by atoms with van der Waals surface area (Å²) in [7, 11) is -2.50. The molecule has 2 heterocycles. The number of methoxy groups -OCH3 is 1. The van der Waals surface area contributed by atoms with Crippen molar-refractivity contribution in [2.24, 2.45) is 5.73 Å². The molecular weight excluding hydrogens is 412 g/mol. The summed E-state index contributed by atoms with van der Waals surface area (Å²) in [6.45, 7) is 1.89. The van der Waals surface area contributed by atoms with Crippen LogP contribution in [0.15, 0.2) is 41.0 Å². The molecular formula is C19H19BrN4O3. The second-order valence-electron chi connectivity index (χ2n) is 5.92. The van der Waals surface area contributed by atoms with Crippen LogP contribution in [0.25, 0.3) is 10.9 Å². The molecule has 0 unspecified atom stereocenters. The van der Waals surface area contributed by atoms with Crippen LogP contribution >= 0.6 is 15.9 Å². The van der Waals surface area contributed by atoms with Crippen LogP contribution in [0.4, 0.5) is 5.69 Å². The Kier molecular flexibility index (Phi) is 4.49. The van der Waals surface area contributed by atoms with Crippen LogP contribution in [-0.2, 0) is 11.3 Å². The van der Waals surface area contributed by atoms with Crippen LogP contribution < -0.4 is 11.1 Å². The Morgan fingerprint density at radius 1 is 1.37 bits per heavy atom. The van der Waals surface area contributed by atoms with Gasteiger partial charge in [0.05, 0.1) is 20.8 Å². The fourth-order valence-electron chi connectivity index (χ4n) is 2.85. The molecule has 0 radical (unpaired) electrons. The number of pyridine rings is 1. The topological polar surface area (TPSA) is 99.2 Å². The summed E-state index contributed by atoms with van der Waals surface area (Å²) in [4.78, 5) is 28.8. The summed E-state index contributed by atoms with van der Waals surface area (Å²) in [5, 5.41) is 3.49. The molecule has 0 atom stereocenters. The zero-order chi connectivity index (χ0) is 22.1. The predicted octanol–water partition coefficient (Wildman–Crippen LogP) is 3.10. The molecule has 27 heavy (non-hydrogen) atoms. The molecule has 0 spiro atoms. The van der Waals surface area contributed by atoms with Gasteiger partial charge in [-0.1, -0.05) is 6.07 Å². The minimum absolute atomic E-state index is 0.0749. The van der Waals surface area contributed by atoms with Gasteiger partial charge in [-0.25, -0.2) is 4.98 Å². The van der Waals surface area contributed by atoms with Gasteiger partial charge in [0.1, 0.15) is 0 Å². The number of aromatic nitrogens is 2. The van der Waals surface area contributed by atoms with E-state index in [1.807, 2.05) is 12.1 Å². The van der Waals surface area contributed by atoms with E-state index in [0.717, 1.165) is 5.39 Å². The average Bonchev–Trinajstić information content (AvgIpc) is 2.95. The van der Waals surface area contributed by atoms with E-state index in [0.29, 0.717) is 21.5 Å². The quantitative estimate of drug-likeness (QED) is 0.623. The number of rotatable bonds is 6. The summed E-state index contributed by atoms with van der Waals surface area (Å²) >= 11 is 3.45. The number of nitrogens with two attached hydrogens (primary N) is 1. The van der Waals surface area contributed by atoms with Gasteiger partial charge in [0.2, 0.25) is 5.91 Å². The highest BCUT2D eigenvalue weighted by Crippen LogP contribution is 2.27. The first-order chi connectivity index (χ1) is 14.0. The molecule has 8 heteroatoms. The number of aryl methyl sites for hydroxylation is 1. The maximum Gasteiger partial charge on any atom is 0.276 e. The van der Waals surface area contributed by atoms with Crippen LogP contribution in [0.5, 0.6) is 0 Å². The van der Waals surface area contributed by atoms with Crippen LogP contribution in [0, 0.1) is 6.92 Å². The van der Waals surface area contributed by atoms with Crippen molar-refractivity contribution in [2.45, 2.75) is 13.5 Å². The average molecular weight is 434 g/mol. The molecule has 2 aromatic heterocycles. The third kappa shape index (κ3) is 4.01. The number of carbonyl (C=O) groups is 2. The number of fused-ring (bicyclic) bond motifs is 1. The molecule has 3 N–H and O–H groups in total. The van der Waals surface area contributed by atoms with Gasteiger partial charge >= 0.3 is 0 Å². The van der Waals surface area contributed by atoms with Crippen LogP contribution in [0.3, 0.4) is 0 Å². The lowest BCUT2D eigenvalue weighted by molar-refractivity contribution is 0.0995. The van der Waals surface area contributed by atoms with Gasteiger partial charge in [-0.05, 0) is 53.2 Å². The number of amides is 2. The van der Waals surface area contributed by atoms with Gasteiger partial charge in [-0.2, -0.15) is 0 Å². The smallest absolute Gasteiger partial charge is 0.276 e. The summed E-state index contributed by atoms with van der Waals surface area (Å²) in [6.07, 6.45) is 0. The minimum atomic E-state index is -2.50. The van der Waals surface area contributed by atoms with E-state index < -0.39 is 18.9 Å². The summed E-state index contributed by atoms with van der Waals surface area (Å²) < 4.78 is 28.7. The van der Waals surface area contributed by atoms with E-state index in [2.05, 4.69) is 26.2 Å². The SMILES string of the molecule is [2H]C([2H])([2H])OCCn1c(Br)cc2cc(C)nc(C(=O)Nc3cccc(C(N)=O)c3)c21. The third-order valence-corrected chi connectivity index (χ3v) is 4.65. The molecule has 0 bridgehead atoms. The molecule has 3 rings (SSSR count). The largest absolute Gasteiger partial charge is 0.383 e. The highest BCUT2D eigenvalue weighted by molar-refractivity contribution is 9.10. The number of nitrogens with one attached hydrogen (secondary N) is 1. The standard InChI is InChI=1S/C19H19BrN4O3/c1-11-8-13-10-15(20)24(6-7-27-2)17(13)16(22-11)19(26)23-14-5-3-4-12(9-14)18(21)25/h3-5,8-10H,6-7H2,1-2H3,(H2,21,25)(H,23,26)/i2D3. The van der Waals surface area contributed by atoms with Crippen molar-refractivity contribution in [3.8, 4) is 0 Å². The number of primary amides is 1. The first-order valence-corrected chi connectivity index (χ1v) is 8.86. The molecule has 1 aromatic carbocycles. The zero-order valence-corrected chi connectivity index (χ0v) is 16.0. The second-order valence-corrected chi connectivity index (χ2v) is 6.73. The second kappa shape index (κ2) is 7.89. The van der Waals surface area contributed by atoms with E-state index >= 15 is 0 Å². The van der Waals surface area contributed by atoms with E-state index in [-0.39, 0.29) is 24.4 Å². The summed E-state index contributed by atoms with van der Waals surface area (Å²) in [6, 6.07) is 9.92. The summed E-state index contributed by atoms with van der Waals surface area (Å²) in [5.74, 6) is -1.08. The predicted molar refractivity (Wildman–Crippen MR) is 107 cm³/mol. The lowest BCUT2D eigenvalue weighted by Crippen LogP contribution is -2.18. The maximum absolute atomic E-state index is 13.0. The number of nitrogens with zero attached hydrogens (tertiary/aromatic N) is 2. The number of halogens is 1. The first-order valence-electron chi connectivity index (χ1n) is 9.57. The van der Waals surface area contributed by atoms with E-state index in [1.165, 1.54) is 6.07 Å². The van der Waals surface area contributed by atoms with Crippen molar-refractivity contribution < 1.29 is 18.4 Å². The Balaban J connectivity index is 1.97. The minimum Gasteiger partial charge on any atom is -0.383 e. The molecule has 0 saturated heterocycles. The normalized spacial score (nSPS) is 13.0. The van der Waals surface area contributed by atoms with Gasteiger partial charge in [-0.3, -0.25) is 9.59 Å². The summed E-state index contributed by atoms with van der Waals surface area (Å²) in [5.41, 5.74) is 7.29. The maximum atomic E-state index is 13.0. The number of benzene rings is 1. The number of hydrogen-bond donors (Lipinski definition) is 2. The van der Waals surface area contributed by atoms with Crippen molar-refractivity contribution >= 4 is 44.3 Å². The lowest BCUT2D eigenvalue weighted by Gasteiger charge is -2.11. The van der Waals surface area contributed by atoms with Gasteiger partial charge in [0, 0.05) is 35.9 Å². The molecule has 7 nitrogen and oxygen atoms in total. The van der Waals surface area contributed by atoms with Gasteiger partial charge in [0.15, 0.2) is 5.69 Å². The fourth-order valence-corrected chi connectivity index (χ4v) is 3.45. The molecule has 0 aliphatic heterocycles. The van der Waals surface area contributed by atoms with Crippen LogP contribution in [-0.4, -0.2) is 35.0 Å². The van der Waals surface area contributed by atoms with Gasteiger partial charge < -0.3 is 20.4 Å². The number of hydrogen-bond acceptors (Lipinski definition) is 4. The molecule has 0 saturated carbocycles. The molecule has 3 aromatic rings. The molecule has 2 amide bonds. The molecule has 0 aliphatic carbocycles. The Labute approximate surface area is 168 Å². The van der Waals surface area contributed by atoms with Crippen LogP contribution in [0.2, 0.25) is 0 Å². The van der Waals surface area contributed by atoms with Crippen molar-refractivity contribution in [2.75, 3.05) is 19.0 Å². The number of anilines is 1. The number of ether oxygens (including phenoxy) is 1. The third-order valence-electron chi connectivity index (χ3n) is 3.99. The Bertz CT molecular complexity index is 1130. The molecule has 0 fully saturated rings. The fraction of sp³-hybridized carbons (Fsp3) is 0.211. The Morgan fingerprint density at radius 2 is 2.19 bits per heavy atom. The van der Waals surface area contributed by atoms with Crippen molar-refractivity contribution in [3.05, 3.63) is 58.0 Å². The highest BCUT2D eigenvalue weighted by atomic mass is 79.9. The Morgan fingerprint density at radius 3 is 2.93 bits per heavy atom. The van der Waals surface area contributed by atoms with E-state index in [9.17, 15) is 9.59 Å². The van der Waals surface area contributed by atoms with Crippen molar-refractivity contribution in [3.63, 3.8) is 0 Å². The van der Waals surface area contributed by atoms with Crippen LogP contribution in [0.1, 0.15) is 30.7 Å². The Hall–Kier alpha value is -2.71. The lowest BCUT2D eigenvalue weighted by atomic mass is 10.1. The van der Waals surface area contributed by atoms with E-state index in [1.54, 1.807) is 29.7 Å². The zero-order valence-electron chi connectivity index (χ0n) is 17.5.